The Morgan fingerprint density at radius 1 is 0.676 bits per heavy atom. The zero-order chi connectivity index (χ0) is 25.1. The minimum absolute atomic E-state index is 0.662. The molecule has 0 aliphatic heterocycles. The molecule has 5 aromatic carbocycles. The van der Waals surface area contributed by atoms with E-state index in [0.29, 0.717) is 5.02 Å². The highest BCUT2D eigenvalue weighted by atomic mass is 35.5. The molecule has 0 saturated heterocycles. The van der Waals surface area contributed by atoms with Gasteiger partial charge in [-0.3, -0.25) is 4.57 Å². The molecule has 0 atom stereocenters. The molecule has 0 saturated carbocycles. The van der Waals surface area contributed by atoms with Crippen LogP contribution in [0.2, 0.25) is 5.02 Å². The summed E-state index contributed by atoms with van der Waals surface area (Å²) in [5.41, 5.74) is 5.55. The molecule has 5 heteroatoms. The Labute approximate surface area is 218 Å². The quantitative estimate of drug-likeness (QED) is 0.240. The standard InChI is InChI=1S/C32H22ClNO3/c1-35-24-11-9-20-8-10-23(14-21(20)15-24)34-31-27(16-22(17-28(31)33)19-6-4-3-5-7-19)30-26-13-12-25(36-2)18-29(26)37-32(30)34/h3-18H,1-2H3. The molecule has 0 bridgehead atoms. The zero-order valence-corrected chi connectivity index (χ0v) is 21.0. The second-order valence-corrected chi connectivity index (χ2v) is 9.50. The van der Waals surface area contributed by atoms with Crippen molar-refractivity contribution in [2.75, 3.05) is 14.2 Å². The minimum atomic E-state index is 0.662. The second-order valence-electron chi connectivity index (χ2n) is 9.10. The van der Waals surface area contributed by atoms with Gasteiger partial charge in [0.1, 0.15) is 17.1 Å². The van der Waals surface area contributed by atoms with Crippen LogP contribution < -0.4 is 9.47 Å². The van der Waals surface area contributed by atoms with E-state index in [1.54, 1.807) is 14.2 Å². The third-order valence-electron chi connectivity index (χ3n) is 7.03. The summed E-state index contributed by atoms with van der Waals surface area (Å²) in [5.74, 6) is 1.56. The Bertz CT molecular complexity index is 1970. The van der Waals surface area contributed by atoms with Gasteiger partial charge in [0.25, 0.3) is 0 Å². The molecular weight excluding hydrogens is 482 g/mol. The second kappa shape index (κ2) is 8.32. The molecule has 0 spiro atoms. The van der Waals surface area contributed by atoms with Crippen LogP contribution in [0.25, 0.3) is 60.6 Å². The van der Waals surface area contributed by atoms with Crippen molar-refractivity contribution in [2.45, 2.75) is 0 Å². The van der Waals surface area contributed by atoms with Gasteiger partial charge >= 0.3 is 0 Å². The van der Waals surface area contributed by atoms with Crippen molar-refractivity contribution in [3.05, 3.63) is 102 Å². The van der Waals surface area contributed by atoms with Gasteiger partial charge in [-0.1, -0.05) is 54.1 Å². The van der Waals surface area contributed by atoms with E-state index in [-0.39, 0.29) is 0 Å². The summed E-state index contributed by atoms with van der Waals surface area (Å²) in [7, 11) is 3.34. The Kier molecular flexibility index (Phi) is 4.91. The highest BCUT2D eigenvalue weighted by molar-refractivity contribution is 6.38. The summed E-state index contributed by atoms with van der Waals surface area (Å²) in [5, 5.41) is 5.94. The molecule has 7 rings (SSSR count). The van der Waals surface area contributed by atoms with Crippen molar-refractivity contribution in [3.8, 4) is 28.3 Å². The van der Waals surface area contributed by atoms with Gasteiger partial charge in [-0.05, 0) is 70.4 Å². The van der Waals surface area contributed by atoms with E-state index in [4.69, 9.17) is 25.5 Å². The maximum atomic E-state index is 7.06. The van der Waals surface area contributed by atoms with E-state index < -0.39 is 0 Å². The first-order valence-corrected chi connectivity index (χ1v) is 12.4. The molecule has 0 aliphatic rings. The van der Waals surface area contributed by atoms with Crippen LogP contribution in [0.1, 0.15) is 0 Å². The fourth-order valence-electron chi connectivity index (χ4n) is 5.25. The van der Waals surface area contributed by atoms with E-state index in [1.807, 2.05) is 48.5 Å². The Hall–Kier alpha value is -4.41. The van der Waals surface area contributed by atoms with Gasteiger partial charge in [-0.2, -0.15) is 0 Å². The van der Waals surface area contributed by atoms with Crippen molar-refractivity contribution < 1.29 is 13.9 Å². The van der Waals surface area contributed by atoms with Gasteiger partial charge in [0.15, 0.2) is 0 Å². The molecule has 0 fully saturated rings. The van der Waals surface area contributed by atoms with E-state index in [9.17, 15) is 0 Å². The van der Waals surface area contributed by atoms with Crippen LogP contribution in [0.3, 0.4) is 0 Å². The predicted molar refractivity (Wildman–Crippen MR) is 152 cm³/mol. The number of hydrogen-bond donors (Lipinski definition) is 0. The molecule has 0 radical (unpaired) electrons. The molecule has 0 amide bonds. The highest BCUT2D eigenvalue weighted by Gasteiger charge is 2.22. The number of rotatable bonds is 4. The van der Waals surface area contributed by atoms with Gasteiger partial charge in [0.05, 0.1) is 30.1 Å². The number of fused-ring (bicyclic) bond motifs is 6. The van der Waals surface area contributed by atoms with Gasteiger partial charge in [-0.25, -0.2) is 0 Å². The summed E-state index contributed by atoms with van der Waals surface area (Å²) in [4.78, 5) is 0. The SMILES string of the molecule is COc1ccc2ccc(-n3c4oc5cc(OC)ccc5c4c4cc(-c5ccccc5)cc(Cl)c43)cc2c1. The number of benzene rings is 5. The Balaban J connectivity index is 1.60. The van der Waals surface area contributed by atoms with Crippen molar-refractivity contribution in [2.24, 2.45) is 0 Å². The largest absolute Gasteiger partial charge is 0.497 e. The number of nitrogens with zero attached hydrogens (tertiary/aromatic N) is 1. The van der Waals surface area contributed by atoms with Crippen molar-refractivity contribution in [3.63, 3.8) is 0 Å². The number of methoxy groups -OCH3 is 2. The third kappa shape index (κ3) is 3.37. The number of ether oxygens (including phenoxy) is 2. The summed E-state index contributed by atoms with van der Waals surface area (Å²) in [6, 6.07) is 32.9. The maximum absolute atomic E-state index is 7.06. The molecule has 2 heterocycles. The lowest BCUT2D eigenvalue weighted by atomic mass is 10.0. The van der Waals surface area contributed by atoms with E-state index in [1.165, 1.54) is 0 Å². The van der Waals surface area contributed by atoms with Gasteiger partial charge < -0.3 is 13.9 Å². The smallest absolute Gasteiger partial charge is 0.213 e. The summed E-state index contributed by atoms with van der Waals surface area (Å²) < 4.78 is 19.6. The summed E-state index contributed by atoms with van der Waals surface area (Å²) >= 11 is 7.06. The molecule has 180 valence electrons. The molecule has 0 aliphatic carbocycles. The fraction of sp³-hybridized carbons (Fsp3) is 0.0625. The Morgan fingerprint density at radius 3 is 2.24 bits per heavy atom. The summed E-state index contributed by atoms with van der Waals surface area (Å²) in [6.45, 7) is 0. The molecule has 37 heavy (non-hydrogen) atoms. The van der Waals surface area contributed by atoms with Crippen LogP contribution in [0.5, 0.6) is 11.5 Å². The number of aromatic nitrogens is 1. The average molecular weight is 504 g/mol. The number of furan rings is 1. The maximum Gasteiger partial charge on any atom is 0.213 e. The van der Waals surface area contributed by atoms with Crippen LogP contribution in [0, 0.1) is 0 Å². The third-order valence-corrected chi connectivity index (χ3v) is 7.32. The zero-order valence-electron chi connectivity index (χ0n) is 20.3. The molecular formula is C32H22ClNO3. The van der Waals surface area contributed by atoms with Crippen LogP contribution in [-0.2, 0) is 0 Å². The van der Waals surface area contributed by atoms with E-state index in [0.717, 1.165) is 72.1 Å². The van der Waals surface area contributed by atoms with Crippen LogP contribution in [0.15, 0.2) is 101 Å². The van der Waals surface area contributed by atoms with Crippen molar-refractivity contribution in [1.82, 2.24) is 4.57 Å². The molecule has 4 nitrogen and oxygen atoms in total. The monoisotopic (exact) mass is 503 g/mol. The van der Waals surface area contributed by atoms with Crippen LogP contribution >= 0.6 is 11.6 Å². The lowest BCUT2D eigenvalue weighted by molar-refractivity contribution is 0.414. The van der Waals surface area contributed by atoms with Crippen molar-refractivity contribution >= 4 is 55.3 Å². The van der Waals surface area contributed by atoms with Gasteiger partial charge in [0.2, 0.25) is 5.71 Å². The predicted octanol–water partition coefficient (Wildman–Crippen LogP) is 9.02. The molecule has 2 aromatic heterocycles. The summed E-state index contributed by atoms with van der Waals surface area (Å²) in [6.07, 6.45) is 0. The first-order chi connectivity index (χ1) is 18.1. The first-order valence-electron chi connectivity index (χ1n) is 12.0. The average Bonchev–Trinajstić information content (AvgIpc) is 3.47. The molecule has 0 N–H and O–H groups in total. The lowest BCUT2D eigenvalue weighted by Crippen LogP contribution is -1.94. The molecule has 0 unspecified atom stereocenters. The minimum Gasteiger partial charge on any atom is -0.497 e. The fourth-order valence-corrected chi connectivity index (χ4v) is 5.55. The number of hydrogen-bond acceptors (Lipinski definition) is 3. The highest BCUT2D eigenvalue weighted by Crippen LogP contribution is 2.44. The van der Waals surface area contributed by atoms with Crippen LogP contribution in [-0.4, -0.2) is 18.8 Å². The van der Waals surface area contributed by atoms with Gasteiger partial charge in [0, 0.05) is 22.5 Å². The Morgan fingerprint density at radius 2 is 1.43 bits per heavy atom. The normalized spacial score (nSPS) is 11.6. The molecule has 7 aromatic rings. The van der Waals surface area contributed by atoms with E-state index in [2.05, 4.69) is 53.1 Å². The topological polar surface area (TPSA) is 36.5 Å². The van der Waals surface area contributed by atoms with Gasteiger partial charge in [-0.15, -0.1) is 0 Å². The lowest BCUT2D eigenvalue weighted by Gasteiger charge is -2.11. The van der Waals surface area contributed by atoms with Crippen LogP contribution in [0.4, 0.5) is 0 Å². The van der Waals surface area contributed by atoms with Crippen molar-refractivity contribution in [1.29, 1.82) is 0 Å². The van der Waals surface area contributed by atoms with E-state index >= 15 is 0 Å². The first kappa shape index (κ1) is 21.8. The number of halogens is 1.